The molecule has 4 nitrogen and oxygen atoms in total. The number of carbonyl (C=O) groups excluding carboxylic acids is 2. The second-order valence-corrected chi connectivity index (χ2v) is 17.3. The van der Waals surface area contributed by atoms with E-state index in [0.717, 1.165) is 63.5 Å². The van der Waals surface area contributed by atoms with E-state index in [4.69, 9.17) is 8.85 Å². The number of rotatable bonds is 36. The SMILES string of the molecule is CCCCCCCCCCCC(=O)O[Si](CCCCCCCC)(CCCCCCCC)OC(=O)CCCCCCCCCCC. The van der Waals surface area contributed by atoms with Crippen molar-refractivity contribution in [2.75, 3.05) is 0 Å². The van der Waals surface area contributed by atoms with Gasteiger partial charge in [0.25, 0.3) is 11.9 Å². The van der Waals surface area contributed by atoms with Gasteiger partial charge in [-0.2, -0.15) is 0 Å². The lowest BCUT2D eigenvalue weighted by Gasteiger charge is -2.30. The van der Waals surface area contributed by atoms with Gasteiger partial charge >= 0.3 is 8.56 Å². The van der Waals surface area contributed by atoms with Gasteiger partial charge in [0.2, 0.25) is 0 Å². The van der Waals surface area contributed by atoms with Crippen molar-refractivity contribution in [1.29, 1.82) is 0 Å². The maximum absolute atomic E-state index is 13.2. The molecule has 0 radical (unpaired) electrons. The van der Waals surface area contributed by atoms with Crippen molar-refractivity contribution in [1.82, 2.24) is 0 Å². The van der Waals surface area contributed by atoms with E-state index in [9.17, 15) is 9.59 Å². The van der Waals surface area contributed by atoms with Gasteiger partial charge in [0.15, 0.2) is 0 Å². The summed E-state index contributed by atoms with van der Waals surface area (Å²) >= 11 is 0. The molecule has 45 heavy (non-hydrogen) atoms. The fourth-order valence-electron chi connectivity index (χ4n) is 6.38. The highest BCUT2D eigenvalue weighted by molar-refractivity contribution is 6.70. The fraction of sp³-hybridized carbons (Fsp3) is 0.950. The van der Waals surface area contributed by atoms with Crippen molar-refractivity contribution in [2.45, 2.75) is 245 Å². The summed E-state index contributed by atoms with van der Waals surface area (Å²) in [5.41, 5.74) is 0. The number of hydrogen-bond acceptors (Lipinski definition) is 4. The minimum atomic E-state index is -2.95. The molecule has 0 saturated heterocycles. The Kier molecular flexibility index (Phi) is 33.8. The molecule has 0 aliphatic heterocycles. The molecule has 0 spiro atoms. The van der Waals surface area contributed by atoms with E-state index in [1.807, 2.05) is 0 Å². The summed E-state index contributed by atoms with van der Waals surface area (Å²) in [5, 5.41) is 0. The zero-order chi connectivity index (χ0) is 33.1. The van der Waals surface area contributed by atoms with Gasteiger partial charge in [0.05, 0.1) is 0 Å². The quantitative estimate of drug-likeness (QED) is 0.0499. The summed E-state index contributed by atoms with van der Waals surface area (Å²) in [5.74, 6) is -0.227. The molecule has 0 saturated carbocycles. The van der Waals surface area contributed by atoms with E-state index in [2.05, 4.69) is 27.7 Å². The number of carbonyl (C=O) groups is 2. The van der Waals surface area contributed by atoms with Gasteiger partial charge in [0.1, 0.15) is 0 Å². The van der Waals surface area contributed by atoms with Crippen LogP contribution in [0.25, 0.3) is 0 Å². The van der Waals surface area contributed by atoms with Crippen molar-refractivity contribution in [3.05, 3.63) is 0 Å². The molecule has 0 aromatic heterocycles. The topological polar surface area (TPSA) is 52.6 Å². The van der Waals surface area contributed by atoms with Crippen LogP contribution in [0.5, 0.6) is 0 Å². The van der Waals surface area contributed by atoms with E-state index in [-0.39, 0.29) is 11.9 Å². The molecule has 0 unspecified atom stereocenters. The summed E-state index contributed by atoms with van der Waals surface area (Å²) in [6.45, 7) is 9.02. The monoisotopic (exact) mass is 653 g/mol. The molecule has 5 heteroatoms. The molecule has 0 aromatic rings. The Morgan fingerprint density at radius 2 is 0.556 bits per heavy atom. The van der Waals surface area contributed by atoms with Crippen LogP contribution in [0.2, 0.25) is 12.1 Å². The maximum Gasteiger partial charge on any atom is 0.464 e. The van der Waals surface area contributed by atoms with Crippen LogP contribution in [0.4, 0.5) is 0 Å². The van der Waals surface area contributed by atoms with E-state index in [1.165, 1.54) is 141 Å². The highest BCUT2D eigenvalue weighted by Crippen LogP contribution is 2.28. The molecule has 0 amide bonds. The zero-order valence-electron chi connectivity index (χ0n) is 31.2. The van der Waals surface area contributed by atoms with Crippen LogP contribution in [-0.4, -0.2) is 20.5 Å². The molecular weight excluding hydrogens is 573 g/mol. The predicted molar refractivity (Wildman–Crippen MR) is 198 cm³/mol. The Morgan fingerprint density at radius 1 is 0.333 bits per heavy atom. The fourth-order valence-corrected chi connectivity index (χ4v) is 9.69. The van der Waals surface area contributed by atoms with Crippen LogP contribution >= 0.6 is 0 Å². The second-order valence-electron chi connectivity index (χ2n) is 14.1. The molecule has 0 fully saturated rings. The van der Waals surface area contributed by atoms with Crippen LogP contribution in [0, 0.1) is 0 Å². The third-order valence-electron chi connectivity index (χ3n) is 9.39. The molecule has 0 aliphatic rings. The minimum Gasteiger partial charge on any atom is -0.485 e. The highest BCUT2D eigenvalue weighted by atomic mass is 28.4. The molecule has 0 aromatic carbocycles. The Hall–Kier alpha value is -0.843. The summed E-state index contributed by atoms with van der Waals surface area (Å²) < 4.78 is 12.8. The van der Waals surface area contributed by atoms with Crippen molar-refractivity contribution in [2.24, 2.45) is 0 Å². The molecular formula is C40H80O4Si. The Balaban J connectivity index is 5.04. The summed E-state index contributed by atoms with van der Waals surface area (Å²) in [6, 6.07) is 1.56. The van der Waals surface area contributed by atoms with Gasteiger partial charge in [-0.15, -0.1) is 0 Å². The first-order valence-electron chi connectivity index (χ1n) is 20.5. The van der Waals surface area contributed by atoms with Gasteiger partial charge in [-0.25, -0.2) is 0 Å². The molecule has 268 valence electrons. The normalized spacial score (nSPS) is 11.6. The first-order chi connectivity index (χ1) is 22.0. The zero-order valence-corrected chi connectivity index (χ0v) is 32.2. The lowest BCUT2D eigenvalue weighted by Crippen LogP contribution is -2.45. The number of hydrogen-bond donors (Lipinski definition) is 0. The summed E-state index contributed by atoms with van der Waals surface area (Å²) in [6.07, 6.45) is 37.4. The largest absolute Gasteiger partial charge is 0.485 e. The maximum atomic E-state index is 13.2. The lowest BCUT2D eigenvalue weighted by atomic mass is 10.1. The predicted octanol–water partition coefficient (Wildman–Crippen LogP) is 14.1. The average molecular weight is 653 g/mol. The Bertz CT molecular complexity index is 584. The first-order valence-corrected chi connectivity index (χ1v) is 22.7. The van der Waals surface area contributed by atoms with Crippen LogP contribution < -0.4 is 0 Å². The molecule has 0 N–H and O–H groups in total. The third kappa shape index (κ3) is 30.3. The first kappa shape index (κ1) is 44.2. The van der Waals surface area contributed by atoms with Crippen molar-refractivity contribution >= 4 is 20.5 Å². The minimum absolute atomic E-state index is 0.113. The van der Waals surface area contributed by atoms with Crippen LogP contribution in [0.15, 0.2) is 0 Å². The lowest BCUT2D eigenvalue weighted by molar-refractivity contribution is -0.142. The van der Waals surface area contributed by atoms with Crippen molar-refractivity contribution < 1.29 is 18.4 Å². The van der Waals surface area contributed by atoms with Gasteiger partial charge in [-0.05, 0) is 25.7 Å². The molecule has 0 bridgehead atoms. The van der Waals surface area contributed by atoms with Crippen LogP contribution in [0.3, 0.4) is 0 Å². The standard InChI is InChI=1S/C40H80O4Si/c1-5-9-13-17-21-23-25-27-31-35-39(41)43-45(37-33-29-19-15-11-7-3,38-34-30-20-16-12-8-4)44-40(42)36-32-28-26-24-22-18-14-10-6-2/h5-38H2,1-4H3. The molecule has 0 aliphatic carbocycles. The van der Waals surface area contributed by atoms with E-state index in [0.29, 0.717) is 12.8 Å². The second kappa shape index (κ2) is 34.5. The van der Waals surface area contributed by atoms with E-state index >= 15 is 0 Å². The third-order valence-corrected chi connectivity index (χ3v) is 12.8. The molecule has 0 atom stereocenters. The summed E-state index contributed by atoms with van der Waals surface area (Å²) in [4.78, 5) is 26.5. The van der Waals surface area contributed by atoms with Crippen LogP contribution in [0.1, 0.15) is 233 Å². The average Bonchev–Trinajstić information content (AvgIpc) is 3.02. The van der Waals surface area contributed by atoms with Gasteiger partial charge in [0, 0.05) is 24.9 Å². The Morgan fingerprint density at radius 3 is 0.822 bits per heavy atom. The Labute approximate surface area is 283 Å². The van der Waals surface area contributed by atoms with E-state index < -0.39 is 8.56 Å². The smallest absolute Gasteiger partial charge is 0.464 e. The van der Waals surface area contributed by atoms with Crippen molar-refractivity contribution in [3.63, 3.8) is 0 Å². The van der Waals surface area contributed by atoms with Gasteiger partial charge in [-0.3, -0.25) is 9.59 Å². The van der Waals surface area contributed by atoms with Crippen LogP contribution in [-0.2, 0) is 18.4 Å². The summed E-state index contributed by atoms with van der Waals surface area (Å²) in [7, 11) is -2.95. The molecule has 0 heterocycles. The van der Waals surface area contributed by atoms with Crippen molar-refractivity contribution in [3.8, 4) is 0 Å². The van der Waals surface area contributed by atoms with Gasteiger partial charge < -0.3 is 8.85 Å². The number of unbranched alkanes of at least 4 members (excludes halogenated alkanes) is 26. The van der Waals surface area contributed by atoms with E-state index in [1.54, 1.807) is 0 Å². The molecule has 0 rings (SSSR count). The highest BCUT2D eigenvalue weighted by Gasteiger charge is 2.43. The van der Waals surface area contributed by atoms with Gasteiger partial charge in [-0.1, -0.05) is 195 Å².